The highest BCUT2D eigenvalue weighted by Gasteiger charge is 2.20. The van der Waals surface area contributed by atoms with Gasteiger partial charge in [-0.1, -0.05) is 0 Å². The molecule has 0 unspecified atom stereocenters. The molecule has 0 radical (unpaired) electrons. The molecule has 0 bridgehead atoms. The van der Waals surface area contributed by atoms with E-state index in [0.717, 1.165) is 0 Å². The molecule has 0 aromatic heterocycles. The molecular formula is C21H20N2O7. The Labute approximate surface area is 172 Å². The number of nitrogens with zero attached hydrogens (tertiary/aromatic N) is 1. The standard InChI is InChI=1S/C21H20N2O7/c1-13(2)30-21(25)14-3-6-17(7-4-14)22-19(24)8-5-15-9-18(23(26)27)10-16-11-28-12-29-20(15)16/h3-10,13H,11-12H2,1-2H3,(H,22,24)/b8-5+. The second-order valence-corrected chi connectivity index (χ2v) is 6.75. The Kier molecular flexibility index (Phi) is 6.43. The van der Waals surface area contributed by atoms with Gasteiger partial charge in [-0.2, -0.15) is 0 Å². The van der Waals surface area contributed by atoms with Crippen LogP contribution in [-0.4, -0.2) is 29.7 Å². The molecule has 2 aromatic rings. The molecule has 9 nitrogen and oxygen atoms in total. The lowest BCUT2D eigenvalue weighted by Crippen LogP contribution is -2.13. The van der Waals surface area contributed by atoms with Crippen molar-refractivity contribution in [3.63, 3.8) is 0 Å². The predicted molar refractivity (Wildman–Crippen MR) is 108 cm³/mol. The second kappa shape index (κ2) is 9.19. The number of ether oxygens (including phenoxy) is 3. The number of hydrogen-bond donors (Lipinski definition) is 1. The average molecular weight is 412 g/mol. The van der Waals surface area contributed by atoms with E-state index in [-0.39, 0.29) is 25.2 Å². The number of hydrogen-bond acceptors (Lipinski definition) is 7. The summed E-state index contributed by atoms with van der Waals surface area (Å²) in [5, 5.41) is 13.8. The van der Waals surface area contributed by atoms with Gasteiger partial charge in [-0.05, 0) is 44.2 Å². The summed E-state index contributed by atoms with van der Waals surface area (Å²) < 4.78 is 15.7. The molecule has 0 saturated heterocycles. The lowest BCUT2D eigenvalue weighted by Gasteiger charge is -2.19. The van der Waals surface area contributed by atoms with Crippen LogP contribution >= 0.6 is 0 Å². The smallest absolute Gasteiger partial charge is 0.338 e. The predicted octanol–water partition coefficient (Wildman–Crippen LogP) is 3.68. The maximum absolute atomic E-state index is 12.2. The minimum atomic E-state index is -0.516. The van der Waals surface area contributed by atoms with Gasteiger partial charge in [-0.15, -0.1) is 0 Å². The van der Waals surface area contributed by atoms with Crippen molar-refractivity contribution in [2.24, 2.45) is 0 Å². The number of anilines is 1. The number of nitro groups is 1. The lowest BCUT2D eigenvalue weighted by atomic mass is 10.1. The Hall–Kier alpha value is -3.72. The van der Waals surface area contributed by atoms with Gasteiger partial charge in [0.15, 0.2) is 6.79 Å². The van der Waals surface area contributed by atoms with Crippen molar-refractivity contribution >= 4 is 29.3 Å². The average Bonchev–Trinajstić information content (AvgIpc) is 2.71. The Balaban J connectivity index is 1.71. The first kappa shape index (κ1) is 21.0. The van der Waals surface area contributed by atoms with Gasteiger partial charge in [0.1, 0.15) is 5.75 Å². The maximum Gasteiger partial charge on any atom is 0.338 e. The van der Waals surface area contributed by atoms with Crippen molar-refractivity contribution in [3.8, 4) is 5.75 Å². The van der Waals surface area contributed by atoms with Crippen LogP contribution in [0, 0.1) is 10.1 Å². The number of rotatable bonds is 6. The minimum absolute atomic E-state index is 0.0312. The zero-order valence-corrected chi connectivity index (χ0v) is 16.4. The number of benzene rings is 2. The molecule has 0 saturated carbocycles. The van der Waals surface area contributed by atoms with E-state index >= 15 is 0 Å². The van der Waals surface area contributed by atoms with Gasteiger partial charge in [-0.3, -0.25) is 14.9 Å². The number of nitrogens with one attached hydrogen (secondary N) is 1. The third kappa shape index (κ3) is 5.21. The molecule has 0 fully saturated rings. The first-order chi connectivity index (χ1) is 14.3. The van der Waals surface area contributed by atoms with Crippen LogP contribution in [0.25, 0.3) is 6.08 Å². The van der Waals surface area contributed by atoms with Crippen LogP contribution in [0.5, 0.6) is 5.75 Å². The van der Waals surface area contributed by atoms with Crippen LogP contribution in [0.1, 0.15) is 35.3 Å². The molecule has 156 valence electrons. The lowest BCUT2D eigenvalue weighted by molar-refractivity contribution is -0.385. The summed E-state index contributed by atoms with van der Waals surface area (Å²) in [5.41, 5.74) is 1.69. The molecule has 0 atom stereocenters. The molecule has 0 aliphatic carbocycles. The summed E-state index contributed by atoms with van der Waals surface area (Å²) in [6.07, 6.45) is 2.47. The van der Waals surface area contributed by atoms with E-state index in [9.17, 15) is 19.7 Å². The fraction of sp³-hybridized carbons (Fsp3) is 0.238. The fourth-order valence-corrected chi connectivity index (χ4v) is 2.78. The van der Waals surface area contributed by atoms with Crippen LogP contribution in [0.2, 0.25) is 0 Å². The summed E-state index contributed by atoms with van der Waals surface area (Å²) in [6, 6.07) is 8.99. The van der Waals surface area contributed by atoms with Crippen molar-refractivity contribution in [3.05, 3.63) is 69.3 Å². The Morgan fingerprint density at radius 1 is 1.23 bits per heavy atom. The van der Waals surface area contributed by atoms with Crippen LogP contribution < -0.4 is 10.1 Å². The Morgan fingerprint density at radius 2 is 1.97 bits per heavy atom. The number of nitro benzene ring substituents is 1. The van der Waals surface area contributed by atoms with E-state index in [4.69, 9.17) is 14.2 Å². The summed E-state index contributed by atoms with van der Waals surface area (Å²) in [4.78, 5) is 34.7. The van der Waals surface area contributed by atoms with E-state index in [1.807, 2.05) is 0 Å². The van der Waals surface area contributed by atoms with Crippen LogP contribution in [0.15, 0.2) is 42.5 Å². The van der Waals surface area contributed by atoms with E-state index in [2.05, 4.69) is 5.32 Å². The molecule has 1 heterocycles. The molecule has 9 heteroatoms. The molecule has 1 N–H and O–H groups in total. The third-order valence-corrected chi connectivity index (χ3v) is 4.08. The quantitative estimate of drug-likeness (QED) is 0.333. The summed E-state index contributed by atoms with van der Waals surface area (Å²) in [6.45, 7) is 3.74. The largest absolute Gasteiger partial charge is 0.467 e. The summed E-state index contributed by atoms with van der Waals surface area (Å²) in [7, 11) is 0. The van der Waals surface area contributed by atoms with Crippen molar-refractivity contribution < 1.29 is 28.7 Å². The maximum atomic E-state index is 12.2. The molecule has 1 amide bonds. The molecule has 30 heavy (non-hydrogen) atoms. The topological polar surface area (TPSA) is 117 Å². The monoisotopic (exact) mass is 412 g/mol. The molecule has 1 aliphatic heterocycles. The second-order valence-electron chi connectivity index (χ2n) is 6.75. The molecule has 0 spiro atoms. The molecule has 2 aromatic carbocycles. The Morgan fingerprint density at radius 3 is 2.63 bits per heavy atom. The number of carbonyl (C=O) groups excluding carboxylic acids is 2. The van der Waals surface area contributed by atoms with Crippen LogP contribution in [0.3, 0.4) is 0 Å². The van der Waals surface area contributed by atoms with Crippen molar-refractivity contribution in [1.29, 1.82) is 0 Å². The van der Waals surface area contributed by atoms with E-state index in [1.165, 1.54) is 24.3 Å². The van der Waals surface area contributed by atoms with Gasteiger partial charge >= 0.3 is 5.97 Å². The molecule has 1 aliphatic rings. The van der Waals surface area contributed by atoms with E-state index < -0.39 is 16.8 Å². The third-order valence-electron chi connectivity index (χ3n) is 4.08. The van der Waals surface area contributed by atoms with Gasteiger partial charge in [-0.25, -0.2) is 4.79 Å². The number of amides is 1. The number of non-ortho nitro benzene ring substituents is 1. The zero-order valence-electron chi connectivity index (χ0n) is 16.4. The number of carbonyl (C=O) groups is 2. The van der Waals surface area contributed by atoms with Gasteiger partial charge in [0.25, 0.3) is 5.69 Å². The van der Waals surface area contributed by atoms with Crippen molar-refractivity contribution in [1.82, 2.24) is 0 Å². The molecular weight excluding hydrogens is 392 g/mol. The van der Waals surface area contributed by atoms with Gasteiger partial charge in [0, 0.05) is 35.0 Å². The SMILES string of the molecule is CC(C)OC(=O)c1ccc(NC(=O)/C=C/c2cc([N+](=O)[O-])cc3c2OCOC3)cc1. The minimum Gasteiger partial charge on any atom is -0.467 e. The van der Waals surface area contributed by atoms with Crippen LogP contribution in [0.4, 0.5) is 11.4 Å². The van der Waals surface area contributed by atoms with Crippen molar-refractivity contribution in [2.45, 2.75) is 26.6 Å². The normalized spacial score (nSPS) is 12.9. The highest BCUT2D eigenvalue weighted by atomic mass is 16.7. The Bertz CT molecular complexity index is 997. The van der Waals surface area contributed by atoms with Gasteiger partial charge < -0.3 is 19.5 Å². The zero-order chi connectivity index (χ0) is 21.7. The van der Waals surface area contributed by atoms with Gasteiger partial charge in [0.05, 0.1) is 23.2 Å². The first-order valence-corrected chi connectivity index (χ1v) is 9.15. The number of fused-ring (bicyclic) bond motifs is 1. The first-order valence-electron chi connectivity index (χ1n) is 9.15. The highest BCUT2D eigenvalue weighted by Crippen LogP contribution is 2.33. The molecule has 3 rings (SSSR count). The fourth-order valence-electron chi connectivity index (χ4n) is 2.78. The number of esters is 1. The van der Waals surface area contributed by atoms with Gasteiger partial charge in [0.2, 0.25) is 5.91 Å². The van der Waals surface area contributed by atoms with E-state index in [1.54, 1.807) is 38.1 Å². The summed E-state index contributed by atoms with van der Waals surface area (Å²) >= 11 is 0. The highest BCUT2D eigenvalue weighted by molar-refractivity contribution is 6.02. The van der Waals surface area contributed by atoms with Crippen molar-refractivity contribution in [2.75, 3.05) is 12.1 Å². The van der Waals surface area contributed by atoms with E-state index in [0.29, 0.717) is 28.1 Å². The summed E-state index contributed by atoms with van der Waals surface area (Å²) in [5.74, 6) is -0.439. The van der Waals surface area contributed by atoms with Crippen LogP contribution in [-0.2, 0) is 20.9 Å².